The van der Waals surface area contributed by atoms with E-state index in [9.17, 15) is 9.59 Å². The number of carbonyl (C=O) groups excluding carboxylic acids is 1. The van der Waals surface area contributed by atoms with Crippen molar-refractivity contribution >= 4 is 5.91 Å². The van der Waals surface area contributed by atoms with Gasteiger partial charge in [-0.2, -0.15) is 0 Å². The lowest BCUT2D eigenvalue weighted by Crippen LogP contribution is -2.20. The van der Waals surface area contributed by atoms with E-state index in [4.69, 9.17) is 5.73 Å². The maximum Gasteiger partial charge on any atom is 0.251 e. The third-order valence-electron chi connectivity index (χ3n) is 1.80. The lowest BCUT2D eigenvalue weighted by molar-refractivity contribution is -0.117. The van der Waals surface area contributed by atoms with Gasteiger partial charge in [-0.3, -0.25) is 9.59 Å². The number of nitrogens with two attached hydrogens (primary N) is 1. The molecule has 0 aliphatic rings. The third-order valence-corrected chi connectivity index (χ3v) is 1.80. The molecule has 0 spiro atoms. The second-order valence-corrected chi connectivity index (χ2v) is 3.92. The number of aromatic nitrogens is 2. The molecule has 15 heavy (non-hydrogen) atoms. The van der Waals surface area contributed by atoms with Crippen LogP contribution in [0.3, 0.4) is 0 Å². The average molecular weight is 209 g/mol. The largest absolute Gasteiger partial charge is 0.369 e. The normalized spacial score (nSPS) is 10.6. The molecule has 0 aliphatic carbocycles. The highest BCUT2D eigenvalue weighted by Gasteiger charge is 2.05. The predicted molar refractivity (Wildman–Crippen MR) is 56.3 cm³/mol. The maximum absolute atomic E-state index is 11.2. The molecule has 0 saturated heterocycles. The summed E-state index contributed by atoms with van der Waals surface area (Å²) in [7, 11) is 0. The molecule has 1 aromatic rings. The highest BCUT2D eigenvalue weighted by Crippen LogP contribution is 2.03. The van der Waals surface area contributed by atoms with E-state index in [1.54, 1.807) is 0 Å². The summed E-state index contributed by atoms with van der Waals surface area (Å²) in [6.07, 6.45) is 0.691. The van der Waals surface area contributed by atoms with Crippen LogP contribution in [-0.2, 0) is 17.6 Å². The molecule has 0 aromatic carbocycles. The molecule has 5 nitrogen and oxygen atoms in total. The molecule has 0 bridgehead atoms. The lowest BCUT2D eigenvalue weighted by atomic mass is 10.1. The average Bonchev–Trinajstić information content (AvgIpc) is 1.98. The Labute approximate surface area is 87.7 Å². The Morgan fingerprint density at radius 1 is 1.60 bits per heavy atom. The summed E-state index contributed by atoms with van der Waals surface area (Å²) in [5, 5.41) is 0. The monoisotopic (exact) mass is 209 g/mol. The summed E-state index contributed by atoms with van der Waals surface area (Å²) >= 11 is 0. The third kappa shape index (κ3) is 3.93. The number of aromatic amines is 1. The van der Waals surface area contributed by atoms with Crippen LogP contribution < -0.4 is 11.3 Å². The number of amides is 1. The van der Waals surface area contributed by atoms with Crippen molar-refractivity contribution in [1.82, 2.24) is 9.97 Å². The van der Waals surface area contributed by atoms with Crippen molar-refractivity contribution in [2.75, 3.05) is 0 Å². The van der Waals surface area contributed by atoms with Crippen LogP contribution in [0.5, 0.6) is 0 Å². The first-order valence-corrected chi connectivity index (χ1v) is 4.85. The quantitative estimate of drug-likeness (QED) is 0.731. The first-order valence-electron chi connectivity index (χ1n) is 4.85. The van der Waals surface area contributed by atoms with Crippen molar-refractivity contribution in [3.05, 3.63) is 27.9 Å². The fraction of sp³-hybridized carbons (Fsp3) is 0.500. The van der Waals surface area contributed by atoms with E-state index in [0.29, 0.717) is 17.4 Å². The number of carbonyl (C=O) groups is 1. The highest BCUT2D eigenvalue weighted by molar-refractivity contribution is 5.75. The van der Waals surface area contributed by atoms with Gasteiger partial charge in [0.15, 0.2) is 0 Å². The number of rotatable bonds is 4. The number of nitrogens with one attached hydrogen (secondary N) is 1. The van der Waals surface area contributed by atoms with Gasteiger partial charge >= 0.3 is 0 Å². The van der Waals surface area contributed by atoms with Gasteiger partial charge in [-0.1, -0.05) is 13.8 Å². The zero-order valence-electron chi connectivity index (χ0n) is 8.91. The van der Waals surface area contributed by atoms with Crippen LogP contribution in [-0.4, -0.2) is 15.9 Å². The van der Waals surface area contributed by atoms with E-state index >= 15 is 0 Å². The Balaban J connectivity index is 2.94. The van der Waals surface area contributed by atoms with Crippen molar-refractivity contribution in [3.63, 3.8) is 0 Å². The Morgan fingerprint density at radius 3 is 2.80 bits per heavy atom. The SMILES string of the molecule is CC(C)Cc1cc(=O)[nH]c(CC(N)=O)n1. The van der Waals surface area contributed by atoms with Crippen LogP contribution in [0.1, 0.15) is 25.4 Å². The molecule has 82 valence electrons. The molecule has 1 heterocycles. The molecule has 0 saturated carbocycles. The number of nitrogens with zero attached hydrogens (tertiary/aromatic N) is 1. The molecule has 0 aliphatic heterocycles. The molecule has 0 unspecified atom stereocenters. The van der Waals surface area contributed by atoms with Gasteiger partial charge in [0.2, 0.25) is 5.91 Å². The van der Waals surface area contributed by atoms with Crippen LogP contribution >= 0.6 is 0 Å². The van der Waals surface area contributed by atoms with Gasteiger partial charge in [-0.15, -0.1) is 0 Å². The summed E-state index contributed by atoms with van der Waals surface area (Å²) in [5.74, 6) is 0.256. The molecular weight excluding hydrogens is 194 g/mol. The van der Waals surface area contributed by atoms with Crippen LogP contribution in [0, 0.1) is 5.92 Å². The topological polar surface area (TPSA) is 88.8 Å². The van der Waals surface area contributed by atoms with Gasteiger partial charge < -0.3 is 10.7 Å². The zero-order chi connectivity index (χ0) is 11.4. The molecule has 0 radical (unpaired) electrons. The number of primary amides is 1. The Kier molecular flexibility index (Phi) is 3.60. The van der Waals surface area contributed by atoms with Crippen molar-refractivity contribution in [3.8, 4) is 0 Å². The van der Waals surface area contributed by atoms with Crippen molar-refractivity contribution < 1.29 is 4.79 Å². The Hall–Kier alpha value is -1.65. The number of hydrogen-bond donors (Lipinski definition) is 2. The molecular formula is C10H15N3O2. The second kappa shape index (κ2) is 4.72. The van der Waals surface area contributed by atoms with E-state index in [1.807, 2.05) is 13.8 Å². The van der Waals surface area contributed by atoms with E-state index in [-0.39, 0.29) is 12.0 Å². The van der Waals surface area contributed by atoms with E-state index in [1.165, 1.54) is 6.07 Å². The predicted octanol–water partition coefficient (Wildman–Crippen LogP) is -0.00380. The molecule has 1 rings (SSSR count). The minimum Gasteiger partial charge on any atom is -0.369 e. The molecule has 3 N–H and O–H groups in total. The Bertz CT molecular complexity index is 409. The molecule has 1 amide bonds. The summed E-state index contributed by atoms with van der Waals surface area (Å²) in [4.78, 5) is 28.5. The van der Waals surface area contributed by atoms with Gasteiger partial charge in [-0.25, -0.2) is 4.98 Å². The molecule has 5 heteroatoms. The van der Waals surface area contributed by atoms with Gasteiger partial charge in [0, 0.05) is 11.8 Å². The minimum atomic E-state index is -0.500. The van der Waals surface area contributed by atoms with Gasteiger partial charge in [0.1, 0.15) is 5.82 Å². The highest BCUT2D eigenvalue weighted by atomic mass is 16.1. The lowest BCUT2D eigenvalue weighted by Gasteiger charge is -2.05. The summed E-state index contributed by atoms with van der Waals surface area (Å²) in [6, 6.07) is 1.45. The molecule has 0 fully saturated rings. The zero-order valence-corrected chi connectivity index (χ0v) is 8.91. The van der Waals surface area contributed by atoms with Crippen LogP contribution in [0.4, 0.5) is 0 Å². The van der Waals surface area contributed by atoms with Gasteiger partial charge in [0.25, 0.3) is 5.56 Å². The van der Waals surface area contributed by atoms with Crippen LogP contribution in [0.15, 0.2) is 10.9 Å². The van der Waals surface area contributed by atoms with E-state index in [2.05, 4.69) is 9.97 Å². The van der Waals surface area contributed by atoms with E-state index in [0.717, 1.165) is 6.42 Å². The van der Waals surface area contributed by atoms with Crippen molar-refractivity contribution in [2.24, 2.45) is 11.7 Å². The summed E-state index contributed by atoms with van der Waals surface area (Å²) in [5.41, 5.74) is 5.48. The standard InChI is InChI=1S/C10H15N3O2/c1-6(2)3-7-4-10(15)13-9(12-7)5-8(11)14/h4,6H,3,5H2,1-2H3,(H2,11,14)(H,12,13,15). The first kappa shape index (κ1) is 11.4. The maximum atomic E-state index is 11.2. The van der Waals surface area contributed by atoms with Crippen LogP contribution in [0.25, 0.3) is 0 Å². The fourth-order valence-electron chi connectivity index (χ4n) is 1.33. The minimum absolute atomic E-state index is 0.0266. The molecule has 0 atom stereocenters. The second-order valence-electron chi connectivity index (χ2n) is 3.92. The van der Waals surface area contributed by atoms with Crippen molar-refractivity contribution in [1.29, 1.82) is 0 Å². The molecule has 1 aromatic heterocycles. The Morgan fingerprint density at radius 2 is 2.27 bits per heavy atom. The van der Waals surface area contributed by atoms with Gasteiger partial charge in [0.05, 0.1) is 6.42 Å². The van der Waals surface area contributed by atoms with E-state index < -0.39 is 5.91 Å². The number of hydrogen-bond acceptors (Lipinski definition) is 3. The van der Waals surface area contributed by atoms with Crippen LogP contribution in [0.2, 0.25) is 0 Å². The van der Waals surface area contributed by atoms with Gasteiger partial charge in [-0.05, 0) is 12.3 Å². The number of H-pyrrole nitrogens is 1. The van der Waals surface area contributed by atoms with Crippen molar-refractivity contribution in [2.45, 2.75) is 26.7 Å². The summed E-state index contributed by atoms with van der Waals surface area (Å²) < 4.78 is 0. The smallest absolute Gasteiger partial charge is 0.251 e. The summed E-state index contributed by atoms with van der Waals surface area (Å²) in [6.45, 7) is 4.08. The first-order chi connectivity index (χ1) is 6.97. The fourth-order valence-corrected chi connectivity index (χ4v) is 1.33.